The van der Waals surface area contributed by atoms with Crippen LogP contribution in [0.4, 0.5) is 29.2 Å². The summed E-state index contributed by atoms with van der Waals surface area (Å²) < 4.78 is 0.952. The van der Waals surface area contributed by atoms with Gasteiger partial charge in [-0.15, -0.1) is 0 Å². The van der Waals surface area contributed by atoms with Gasteiger partial charge in [0, 0.05) is 73.4 Å². The lowest BCUT2D eigenvalue weighted by molar-refractivity contribution is -0.116. The Kier molecular flexibility index (Phi) is 9.14. The number of hydrogen-bond donors (Lipinski definition) is 5. The lowest BCUT2D eigenvalue weighted by Crippen LogP contribution is -2.54. The molecule has 2 fully saturated rings. The van der Waals surface area contributed by atoms with Crippen LogP contribution in [0, 0.1) is 0 Å². The molecule has 1 amide bonds. The number of piperidine rings is 2. The molecular formula is C28H36ClN11O2. The molecule has 0 saturated carbocycles. The third-order valence-corrected chi connectivity index (χ3v) is 7.57. The highest BCUT2D eigenvalue weighted by Gasteiger charge is 2.29. The molecule has 3 aromatic rings. The van der Waals surface area contributed by atoms with Crippen LogP contribution in [0.3, 0.4) is 0 Å². The Labute approximate surface area is 249 Å². The highest BCUT2D eigenvalue weighted by molar-refractivity contribution is 6.38. The summed E-state index contributed by atoms with van der Waals surface area (Å²) >= 11 is 6.14. The summed E-state index contributed by atoms with van der Waals surface area (Å²) in [4.78, 5) is 43.3. The van der Waals surface area contributed by atoms with E-state index in [0.717, 1.165) is 17.3 Å². The van der Waals surface area contributed by atoms with Crippen molar-refractivity contribution in [2.75, 3.05) is 45.7 Å². The summed E-state index contributed by atoms with van der Waals surface area (Å²) in [6.45, 7) is 2.26. The van der Waals surface area contributed by atoms with Gasteiger partial charge in [0.1, 0.15) is 0 Å². The van der Waals surface area contributed by atoms with E-state index in [2.05, 4.69) is 15.3 Å². The second kappa shape index (κ2) is 13.0. The van der Waals surface area contributed by atoms with Crippen molar-refractivity contribution in [3.8, 4) is 0 Å². The lowest BCUT2D eigenvalue weighted by atomic mass is 10.0. The number of benzene rings is 2. The maximum absolute atomic E-state index is 12.8. The van der Waals surface area contributed by atoms with Crippen LogP contribution in [-0.4, -0.2) is 77.0 Å². The maximum Gasteiger partial charge on any atom is 0.249 e. The largest absolute Gasteiger partial charge is 0.338 e. The summed E-state index contributed by atoms with van der Waals surface area (Å²) in [6.07, 6.45) is 1.08. The zero-order valence-corrected chi connectivity index (χ0v) is 23.9. The zero-order valence-electron chi connectivity index (χ0n) is 23.1. The smallest absolute Gasteiger partial charge is 0.249 e. The fourth-order valence-electron chi connectivity index (χ4n) is 5.26. The minimum atomic E-state index is -0.519. The monoisotopic (exact) mass is 593 g/mol. The van der Waals surface area contributed by atoms with Gasteiger partial charge in [-0.2, -0.15) is 15.0 Å². The van der Waals surface area contributed by atoms with E-state index in [-0.39, 0.29) is 36.4 Å². The Morgan fingerprint density at radius 2 is 1.29 bits per heavy atom. The van der Waals surface area contributed by atoms with E-state index in [4.69, 9.17) is 39.7 Å². The number of hydrogen-bond acceptors (Lipinski definition) is 12. The summed E-state index contributed by atoms with van der Waals surface area (Å²) in [6, 6.07) is 15.0. The Balaban J connectivity index is 1.32. The van der Waals surface area contributed by atoms with Crippen LogP contribution in [0.2, 0.25) is 0 Å². The van der Waals surface area contributed by atoms with E-state index in [0.29, 0.717) is 61.0 Å². The second-order valence-corrected chi connectivity index (χ2v) is 11.2. The molecule has 3 heterocycles. The predicted molar refractivity (Wildman–Crippen MR) is 164 cm³/mol. The van der Waals surface area contributed by atoms with E-state index in [1.54, 1.807) is 48.5 Å². The van der Waals surface area contributed by atoms with Crippen molar-refractivity contribution >= 4 is 52.7 Å². The highest BCUT2D eigenvalue weighted by Crippen LogP contribution is 2.24. The number of rotatable bonds is 8. The van der Waals surface area contributed by atoms with Gasteiger partial charge in [-0.25, -0.2) is 4.42 Å². The molecule has 2 aliphatic rings. The molecule has 222 valence electrons. The molecule has 9 N–H and O–H groups in total. The fraction of sp³-hybridized carbons (Fsp3) is 0.393. The average Bonchev–Trinajstić information content (AvgIpc) is 2.96. The molecule has 5 rings (SSSR count). The fourth-order valence-corrected chi connectivity index (χ4v) is 5.43. The van der Waals surface area contributed by atoms with Crippen LogP contribution in [0.5, 0.6) is 0 Å². The minimum Gasteiger partial charge on any atom is -0.338 e. The van der Waals surface area contributed by atoms with Crippen molar-refractivity contribution in [2.45, 2.75) is 43.4 Å². The Morgan fingerprint density at radius 3 is 1.79 bits per heavy atom. The summed E-state index contributed by atoms with van der Waals surface area (Å²) in [7, 11) is 0. The van der Waals surface area contributed by atoms with Crippen molar-refractivity contribution < 1.29 is 9.59 Å². The van der Waals surface area contributed by atoms with Gasteiger partial charge < -0.3 is 38.1 Å². The maximum atomic E-state index is 12.8. The van der Waals surface area contributed by atoms with Crippen LogP contribution < -0.4 is 42.5 Å². The Bertz CT molecular complexity index is 1330. The lowest BCUT2D eigenvalue weighted by Gasteiger charge is -2.37. The van der Waals surface area contributed by atoms with Gasteiger partial charge in [-0.3, -0.25) is 9.59 Å². The number of nitrogens with zero attached hydrogens (tertiary/aromatic N) is 6. The first-order valence-corrected chi connectivity index (χ1v) is 14.2. The zero-order chi connectivity index (χ0) is 29.8. The number of nitrogens with one attached hydrogen (secondary N) is 1. The third kappa shape index (κ3) is 7.30. The van der Waals surface area contributed by atoms with Crippen molar-refractivity contribution in [3.63, 3.8) is 0 Å². The topological polar surface area (TPSA) is 199 Å². The highest BCUT2D eigenvalue weighted by atomic mass is 35.5. The van der Waals surface area contributed by atoms with Crippen molar-refractivity contribution in [1.29, 1.82) is 0 Å². The Hall–Kier alpha value is -3.88. The molecule has 0 bridgehead atoms. The van der Waals surface area contributed by atoms with Crippen LogP contribution in [0.25, 0.3) is 0 Å². The summed E-state index contributed by atoms with van der Waals surface area (Å²) in [5, 5.41) is 3.21. The molecule has 2 aliphatic heterocycles. The average molecular weight is 594 g/mol. The molecule has 4 atom stereocenters. The van der Waals surface area contributed by atoms with E-state index in [1.807, 2.05) is 15.9 Å². The third-order valence-electron chi connectivity index (χ3n) is 7.18. The second-order valence-electron chi connectivity index (χ2n) is 10.9. The van der Waals surface area contributed by atoms with Crippen LogP contribution in [-0.2, 0) is 4.79 Å². The van der Waals surface area contributed by atoms with Gasteiger partial charge >= 0.3 is 0 Å². The number of ketones is 1. The van der Waals surface area contributed by atoms with Crippen molar-refractivity contribution in [1.82, 2.24) is 15.0 Å². The molecule has 13 nitrogen and oxygen atoms in total. The molecule has 0 aliphatic carbocycles. The van der Waals surface area contributed by atoms with Crippen molar-refractivity contribution in [2.24, 2.45) is 22.9 Å². The molecule has 2 aromatic carbocycles. The normalized spacial score (nSPS) is 22.5. The molecule has 1 aromatic heterocycles. The number of halogens is 1. The molecule has 0 radical (unpaired) electrons. The van der Waals surface area contributed by atoms with Gasteiger partial charge in [-0.1, -0.05) is 18.2 Å². The summed E-state index contributed by atoms with van der Waals surface area (Å²) in [5.41, 5.74) is 26.5. The minimum absolute atomic E-state index is 0.0993. The van der Waals surface area contributed by atoms with E-state index < -0.39 is 5.91 Å². The molecule has 42 heavy (non-hydrogen) atoms. The quantitative estimate of drug-likeness (QED) is 0.142. The van der Waals surface area contributed by atoms with Gasteiger partial charge in [0.25, 0.3) is 0 Å². The Morgan fingerprint density at radius 1 is 0.786 bits per heavy atom. The molecule has 14 heteroatoms. The first-order valence-electron chi connectivity index (χ1n) is 13.9. The number of nitrogens with two attached hydrogens (primary N) is 4. The van der Waals surface area contributed by atoms with Crippen LogP contribution in [0.1, 0.15) is 29.6 Å². The number of anilines is 5. The standard InChI is InChI=1S/C28H36ClN11O2/c29-40(23-4-2-1-3-5-23)25(42)12-24(41)17-6-8-22(9-7-17)34-26-35-27(38-13-18(30)10-19(31)14-38)37-28(36-26)39-15-20(32)11-21(33)16-39/h1-9,18-21H,10-16,30-33H2,(H,34,35,36,37). The number of carbonyl (C=O) groups is 2. The van der Waals surface area contributed by atoms with E-state index in [9.17, 15) is 9.59 Å². The SMILES string of the molecule is NC1CC(N)CN(c2nc(Nc3ccc(C(=O)CC(=O)N(Cl)c4ccccc4)cc3)nc(N3CC(N)CC(N)C3)n2)C1. The van der Waals surface area contributed by atoms with Crippen LogP contribution >= 0.6 is 11.8 Å². The summed E-state index contributed by atoms with van der Waals surface area (Å²) in [5.74, 6) is 0.346. The molecular weight excluding hydrogens is 558 g/mol. The number of para-hydroxylation sites is 1. The first kappa shape index (κ1) is 29.6. The number of carbonyl (C=O) groups excluding carboxylic acids is 2. The van der Waals surface area contributed by atoms with Gasteiger partial charge in [0.15, 0.2) is 5.78 Å². The molecule has 0 spiro atoms. The van der Waals surface area contributed by atoms with E-state index >= 15 is 0 Å². The van der Waals surface area contributed by atoms with Gasteiger partial charge in [-0.05, 0) is 49.2 Å². The number of amides is 1. The van der Waals surface area contributed by atoms with Gasteiger partial charge in [0.2, 0.25) is 23.8 Å². The predicted octanol–water partition coefficient (Wildman–Crippen LogP) is 1.10. The van der Waals surface area contributed by atoms with E-state index in [1.165, 1.54) is 0 Å². The first-order chi connectivity index (χ1) is 20.1. The van der Waals surface area contributed by atoms with Gasteiger partial charge in [0.05, 0.1) is 12.1 Å². The number of aromatic nitrogens is 3. The molecule has 2 saturated heterocycles. The molecule has 4 unspecified atom stereocenters. The number of Topliss-reactive ketones (excluding diaryl/α,β-unsaturated/α-hetero) is 1. The van der Waals surface area contributed by atoms with Crippen LogP contribution in [0.15, 0.2) is 54.6 Å². The van der Waals surface area contributed by atoms with Crippen molar-refractivity contribution in [3.05, 3.63) is 60.2 Å².